The van der Waals surface area contributed by atoms with Crippen molar-refractivity contribution in [2.45, 2.75) is 30.3 Å². The number of nitrogens with zero attached hydrogens (tertiary/aromatic N) is 4. The summed E-state index contributed by atoms with van der Waals surface area (Å²) in [7, 11) is 1.55. The summed E-state index contributed by atoms with van der Waals surface area (Å²) in [5.74, 6) is 1.29. The first-order chi connectivity index (χ1) is 24.4. The summed E-state index contributed by atoms with van der Waals surface area (Å²) in [5.41, 5.74) is 3.30. The van der Waals surface area contributed by atoms with E-state index in [4.69, 9.17) is 19.2 Å². The molecule has 0 radical (unpaired) electrons. The zero-order valence-electron chi connectivity index (χ0n) is 27.8. The third kappa shape index (κ3) is 6.84. The van der Waals surface area contributed by atoms with Crippen LogP contribution in [0.4, 0.5) is 11.4 Å². The van der Waals surface area contributed by atoms with E-state index in [1.807, 2.05) is 54.3 Å². The number of piperazine rings is 1. The van der Waals surface area contributed by atoms with Gasteiger partial charge in [-0.3, -0.25) is 19.0 Å². The van der Waals surface area contributed by atoms with Gasteiger partial charge in [0.25, 0.3) is 11.5 Å². The Morgan fingerprint density at radius 3 is 2.34 bits per heavy atom. The zero-order chi connectivity index (χ0) is 34.6. The average Bonchev–Trinajstić information content (AvgIpc) is 3.62. The molecule has 50 heavy (non-hydrogen) atoms. The lowest BCUT2D eigenvalue weighted by molar-refractivity contribution is -0.115. The van der Waals surface area contributed by atoms with Crippen LogP contribution in [0, 0.1) is 0 Å². The maximum absolute atomic E-state index is 14.1. The number of carbonyl (C=O) groups is 2. The normalized spacial score (nSPS) is 14.4. The number of amides is 2. The number of para-hydroxylation sites is 3. The Morgan fingerprint density at radius 2 is 1.62 bits per heavy atom. The van der Waals surface area contributed by atoms with Gasteiger partial charge >= 0.3 is 0 Å². The predicted octanol–water partition coefficient (Wildman–Crippen LogP) is 5.65. The van der Waals surface area contributed by atoms with Crippen LogP contribution in [0.15, 0.2) is 101 Å². The highest BCUT2D eigenvalue weighted by Crippen LogP contribution is 2.36. The van der Waals surface area contributed by atoms with E-state index in [9.17, 15) is 14.4 Å². The molecule has 2 amide bonds. The van der Waals surface area contributed by atoms with E-state index >= 15 is 0 Å². The first-order valence-electron chi connectivity index (χ1n) is 16.5. The van der Waals surface area contributed by atoms with E-state index in [-0.39, 0.29) is 30.7 Å². The minimum Gasteiger partial charge on any atom is -0.495 e. The molecule has 2 aliphatic rings. The van der Waals surface area contributed by atoms with Crippen molar-refractivity contribution in [1.82, 2.24) is 14.5 Å². The van der Waals surface area contributed by atoms with Gasteiger partial charge in [0.05, 0.1) is 35.5 Å². The van der Waals surface area contributed by atoms with E-state index in [2.05, 4.69) is 22.3 Å². The van der Waals surface area contributed by atoms with Crippen molar-refractivity contribution in [3.8, 4) is 17.2 Å². The fourth-order valence-corrected chi connectivity index (χ4v) is 7.17. The van der Waals surface area contributed by atoms with Crippen LogP contribution in [0.2, 0.25) is 0 Å². The molecule has 12 heteroatoms. The highest BCUT2D eigenvalue weighted by atomic mass is 32.2. The second kappa shape index (κ2) is 14.6. The summed E-state index contributed by atoms with van der Waals surface area (Å²) in [6.45, 7) is 4.97. The van der Waals surface area contributed by atoms with E-state index in [1.165, 1.54) is 11.8 Å². The van der Waals surface area contributed by atoms with Crippen molar-refractivity contribution >= 4 is 45.9 Å². The summed E-state index contributed by atoms with van der Waals surface area (Å²) in [5, 5.41) is 3.17. The number of benzene rings is 4. The van der Waals surface area contributed by atoms with Gasteiger partial charge in [0.15, 0.2) is 16.7 Å². The van der Waals surface area contributed by atoms with Crippen LogP contribution in [-0.2, 0) is 11.3 Å². The largest absolute Gasteiger partial charge is 0.495 e. The number of aromatic nitrogens is 2. The molecule has 0 spiro atoms. The molecule has 256 valence electrons. The van der Waals surface area contributed by atoms with Crippen molar-refractivity contribution in [3.63, 3.8) is 0 Å². The lowest BCUT2D eigenvalue weighted by Gasteiger charge is -2.36. The highest BCUT2D eigenvalue weighted by molar-refractivity contribution is 8.00. The molecule has 0 bridgehead atoms. The smallest absolute Gasteiger partial charge is 0.262 e. The maximum atomic E-state index is 14.1. The topological polar surface area (TPSA) is 115 Å². The summed E-state index contributed by atoms with van der Waals surface area (Å²) in [6.07, 6.45) is 0.483. The SMILES string of the molecule is CC[C@@H](Sc1nc2cc3c(cc2c(=O)n1Cc1ccc(C(=O)N2CCN(c4ccccc4)CC2)cc1)OCO3)C(=O)Nc1ccccc1OC. The van der Waals surface area contributed by atoms with Gasteiger partial charge < -0.3 is 29.3 Å². The molecule has 1 atom stereocenters. The number of carbonyl (C=O) groups excluding carboxylic acids is 2. The molecule has 11 nitrogen and oxygen atoms in total. The molecule has 4 aromatic carbocycles. The van der Waals surface area contributed by atoms with E-state index in [1.54, 1.807) is 48.1 Å². The highest BCUT2D eigenvalue weighted by Gasteiger charge is 2.26. The van der Waals surface area contributed by atoms with Crippen molar-refractivity contribution < 1.29 is 23.8 Å². The molecular formula is C38H37N5O6S. The van der Waals surface area contributed by atoms with Crippen LogP contribution in [-0.4, -0.2) is 71.6 Å². The van der Waals surface area contributed by atoms with Crippen LogP contribution < -0.4 is 30.0 Å². The third-order valence-corrected chi connectivity index (χ3v) is 10.3. The minimum absolute atomic E-state index is 0.0204. The average molecular weight is 692 g/mol. The number of hydrogen-bond donors (Lipinski definition) is 1. The van der Waals surface area contributed by atoms with Gasteiger partial charge in [-0.25, -0.2) is 4.98 Å². The van der Waals surface area contributed by atoms with Crippen LogP contribution in [0.3, 0.4) is 0 Å². The van der Waals surface area contributed by atoms with E-state index < -0.39 is 5.25 Å². The summed E-state index contributed by atoms with van der Waals surface area (Å²) >= 11 is 1.23. The first-order valence-corrected chi connectivity index (χ1v) is 17.4. The fraction of sp³-hybridized carbons (Fsp3) is 0.263. The quantitative estimate of drug-likeness (QED) is 0.147. The molecule has 3 heterocycles. The van der Waals surface area contributed by atoms with Gasteiger partial charge in [0, 0.05) is 43.5 Å². The van der Waals surface area contributed by atoms with Crippen LogP contribution >= 0.6 is 11.8 Å². The van der Waals surface area contributed by atoms with Gasteiger partial charge in [-0.05, 0) is 54.4 Å². The second-order valence-corrected chi connectivity index (χ2v) is 13.2. The Morgan fingerprint density at radius 1 is 0.920 bits per heavy atom. The molecule has 0 unspecified atom stereocenters. The van der Waals surface area contributed by atoms with Gasteiger partial charge in [-0.1, -0.05) is 61.2 Å². The lowest BCUT2D eigenvalue weighted by Crippen LogP contribution is -2.48. The number of methoxy groups -OCH3 is 1. The molecule has 1 aromatic heterocycles. The van der Waals surface area contributed by atoms with Gasteiger partial charge in [-0.2, -0.15) is 0 Å². The number of ether oxygens (including phenoxy) is 3. The molecular weight excluding hydrogens is 655 g/mol. The van der Waals surface area contributed by atoms with Crippen molar-refractivity contribution in [2.75, 3.05) is 50.3 Å². The Kier molecular flexibility index (Phi) is 9.61. The molecule has 2 aliphatic heterocycles. The maximum Gasteiger partial charge on any atom is 0.262 e. The van der Waals surface area contributed by atoms with Gasteiger partial charge in [0.2, 0.25) is 12.7 Å². The molecule has 1 N–H and O–H groups in total. The number of rotatable bonds is 10. The van der Waals surface area contributed by atoms with E-state index in [0.29, 0.717) is 64.1 Å². The van der Waals surface area contributed by atoms with Gasteiger partial charge in [0.1, 0.15) is 5.75 Å². The Balaban J connectivity index is 1.13. The number of nitrogens with one attached hydrogen (secondary N) is 1. The van der Waals surface area contributed by atoms with Crippen LogP contribution in [0.25, 0.3) is 10.9 Å². The Bertz CT molecular complexity index is 2080. The molecule has 1 fully saturated rings. The molecule has 7 rings (SSSR count). The number of fused-ring (bicyclic) bond motifs is 2. The summed E-state index contributed by atoms with van der Waals surface area (Å²) in [4.78, 5) is 50.1. The number of thioether (sulfide) groups is 1. The Labute approximate surface area is 293 Å². The number of anilines is 2. The summed E-state index contributed by atoms with van der Waals surface area (Å²) < 4.78 is 18.1. The molecule has 5 aromatic rings. The fourth-order valence-electron chi connectivity index (χ4n) is 6.16. The van der Waals surface area contributed by atoms with Gasteiger partial charge in [-0.15, -0.1) is 0 Å². The first kappa shape index (κ1) is 33.0. The van der Waals surface area contributed by atoms with Crippen LogP contribution in [0.1, 0.15) is 29.3 Å². The minimum atomic E-state index is -0.563. The van der Waals surface area contributed by atoms with Crippen molar-refractivity contribution in [1.29, 1.82) is 0 Å². The zero-order valence-corrected chi connectivity index (χ0v) is 28.7. The monoisotopic (exact) mass is 691 g/mol. The van der Waals surface area contributed by atoms with Crippen molar-refractivity contribution in [3.05, 3.63) is 112 Å². The Hall–Kier alpha value is -5.49. The molecule has 0 aliphatic carbocycles. The molecule has 0 saturated carbocycles. The summed E-state index contributed by atoms with van der Waals surface area (Å²) in [6, 6.07) is 28.1. The van der Waals surface area contributed by atoms with E-state index in [0.717, 1.165) is 24.3 Å². The number of hydrogen-bond acceptors (Lipinski definition) is 9. The van der Waals surface area contributed by atoms with Crippen LogP contribution in [0.5, 0.6) is 17.2 Å². The lowest BCUT2D eigenvalue weighted by atomic mass is 10.1. The molecule has 1 saturated heterocycles. The standard InChI is InChI=1S/C38H37N5O6S/c1-3-34(35(44)39-29-11-7-8-12-31(29)47-2)50-38-40-30-22-33-32(48-24-49-33)21-28(30)37(46)43(38)23-25-13-15-26(16-14-25)36(45)42-19-17-41(18-20-42)27-9-5-4-6-10-27/h4-16,21-22,34H,3,17-20,23-24H2,1-2H3,(H,39,44)/t34-/m1/s1. The van der Waals surface area contributed by atoms with Crippen molar-refractivity contribution in [2.24, 2.45) is 0 Å². The predicted molar refractivity (Wildman–Crippen MR) is 194 cm³/mol. The second-order valence-electron chi connectivity index (χ2n) is 12.0. The third-order valence-electron chi connectivity index (χ3n) is 8.92.